The number of anilines is 1. The molecule has 7 heteroatoms. The summed E-state index contributed by atoms with van der Waals surface area (Å²) in [6, 6.07) is 11.3. The molecular weight excluding hydrogens is 333 g/mol. The van der Waals surface area contributed by atoms with Crippen molar-refractivity contribution >= 4 is 5.82 Å². The minimum Gasteiger partial charge on any atom is -0.360 e. The van der Waals surface area contributed by atoms with Gasteiger partial charge in [-0.1, -0.05) is 35.5 Å². The van der Waals surface area contributed by atoms with Crippen molar-refractivity contribution in [2.75, 3.05) is 31.1 Å². The molecule has 1 aromatic carbocycles. The number of halogens is 1. The van der Waals surface area contributed by atoms with Crippen molar-refractivity contribution in [3.05, 3.63) is 60.0 Å². The molecule has 0 unspecified atom stereocenters. The zero-order valence-electron chi connectivity index (χ0n) is 14.6. The van der Waals surface area contributed by atoms with E-state index in [0.29, 0.717) is 24.6 Å². The summed E-state index contributed by atoms with van der Waals surface area (Å²) in [6.45, 7) is 5.65. The summed E-state index contributed by atoms with van der Waals surface area (Å²) in [7, 11) is 0. The third-order valence-corrected chi connectivity index (χ3v) is 4.55. The van der Waals surface area contributed by atoms with E-state index in [2.05, 4.69) is 20.0 Å². The standard InChI is InChI=1S/C19H20FN5O/c1-14-11-16(26-23-14)12-24-7-9-25(10-8-24)19-17(20)18(21-13-22-19)15-5-3-2-4-6-15/h2-6,11,13H,7-10,12H2,1H3. The summed E-state index contributed by atoms with van der Waals surface area (Å²) in [5.74, 6) is 0.863. The fourth-order valence-electron chi connectivity index (χ4n) is 3.21. The first-order valence-corrected chi connectivity index (χ1v) is 8.66. The molecule has 1 saturated heterocycles. The second-order valence-electron chi connectivity index (χ2n) is 6.42. The number of benzene rings is 1. The van der Waals surface area contributed by atoms with Crippen molar-refractivity contribution in [3.8, 4) is 11.3 Å². The Morgan fingerprint density at radius 1 is 1.08 bits per heavy atom. The van der Waals surface area contributed by atoms with Crippen LogP contribution in [0.4, 0.5) is 10.2 Å². The third-order valence-electron chi connectivity index (χ3n) is 4.55. The predicted octanol–water partition coefficient (Wildman–Crippen LogP) is 2.90. The van der Waals surface area contributed by atoms with Crippen LogP contribution in [0, 0.1) is 12.7 Å². The van der Waals surface area contributed by atoms with Crippen molar-refractivity contribution in [2.45, 2.75) is 13.5 Å². The quantitative estimate of drug-likeness (QED) is 0.719. The van der Waals surface area contributed by atoms with Gasteiger partial charge in [-0.3, -0.25) is 4.90 Å². The highest BCUT2D eigenvalue weighted by Crippen LogP contribution is 2.26. The molecule has 3 heterocycles. The Labute approximate surface area is 151 Å². The number of aryl methyl sites for hydroxylation is 1. The van der Waals surface area contributed by atoms with Crippen LogP contribution in [0.15, 0.2) is 47.2 Å². The minimum absolute atomic E-state index is 0.343. The van der Waals surface area contributed by atoms with Crippen LogP contribution in [0.3, 0.4) is 0 Å². The lowest BCUT2D eigenvalue weighted by Crippen LogP contribution is -2.46. The second-order valence-corrected chi connectivity index (χ2v) is 6.42. The van der Waals surface area contributed by atoms with Gasteiger partial charge >= 0.3 is 0 Å². The number of aromatic nitrogens is 3. The van der Waals surface area contributed by atoms with Crippen molar-refractivity contribution in [1.82, 2.24) is 20.0 Å². The van der Waals surface area contributed by atoms with Gasteiger partial charge in [-0.2, -0.15) is 0 Å². The Balaban J connectivity index is 1.46. The summed E-state index contributed by atoms with van der Waals surface area (Å²) in [5.41, 5.74) is 1.98. The number of hydrogen-bond donors (Lipinski definition) is 0. The summed E-state index contributed by atoms with van der Waals surface area (Å²) in [5, 5.41) is 3.92. The smallest absolute Gasteiger partial charge is 0.191 e. The van der Waals surface area contributed by atoms with Gasteiger partial charge in [0, 0.05) is 37.8 Å². The summed E-state index contributed by atoms with van der Waals surface area (Å²) >= 11 is 0. The molecule has 1 aliphatic rings. The molecule has 0 amide bonds. The number of hydrogen-bond acceptors (Lipinski definition) is 6. The molecule has 1 aliphatic heterocycles. The lowest BCUT2D eigenvalue weighted by atomic mass is 10.1. The minimum atomic E-state index is -0.363. The van der Waals surface area contributed by atoms with Gasteiger partial charge in [-0.05, 0) is 6.92 Å². The molecule has 0 bridgehead atoms. The topological polar surface area (TPSA) is 58.3 Å². The van der Waals surface area contributed by atoms with E-state index < -0.39 is 0 Å². The van der Waals surface area contributed by atoms with E-state index in [1.807, 2.05) is 48.2 Å². The van der Waals surface area contributed by atoms with Crippen LogP contribution in [0.1, 0.15) is 11.5 Å². The Kier molecular flexibility index (Phi) is 4.62. The second kappa shape index (κ2) is 7.21. The maximum absolute atomic E-state index is 15.0. The first-order chi connectivity index (χ1) is 12.7. The van der Waals surface area contributed by atoms with Crippen LogP contribution in [0.25, 0.3) is 11.3 Å². The summed E-state index contributed by atoms with van der Waals surface area (Å²) in [4.78, 5) is 12.6. The van der Waals surface area contributed by atoms with Crippen LogP contribution >= 0.6 is 0 Å². The highest BCUT2D eigenvalue weighted by Gasteiger charge is 2.23. The highest BCUT2D eigenvalue weighted by molar-refractivity contribution is 5.63. The molecule has 134 valence electrons. The highest BCUT2D eigenvalue weighted by atomic mass is 19.1. The van der Waals surface area contributed by atoms with Gasteiger partial charge in [0.05, 0.1) is 12.2 Å². The average molecular weight is 353 g/mol. The van der Waals surface area contributed by atoms with E-state index in [0.717, 1.165) is 36.7 Å². The van der Waals surface area contributed by atoms with Gasteiger partial charge in [0.25, 0.3) is 0 Å². The summed E-state index contributed by atoms with van der Waals surface area (Å²) < 4.78 is 20.3. The molecule has 4 rings (SSSR count). The van der Waals surface area contributed by atoms with Gasteiger partial charge in [0.2, 0.25) is 0 Å². The average Bonchev–Trinajstić information content (AvgIpc) is 3.08. The van der Waals surface area contributed by atoms with Crippen molar-refractivity contribution in [2.24, 2.45) is 0 Å². The Bertz CT molecular complexity index is 875. The van der Waals surface area contributed by atoms with Crippen LogP contribution < -0.4 is 4.90 Å². The van der Waals surface area contributed by atoms with Gasteiger partial charge in [0.1, 0.15) is 12.0 Å². The molecule has 2 aromatic heterocycles. The van der Waals surface area contributed by atoms with Gasteiger partial charge in [0.15, 0.2) is 17.4 Å². The van der Waals surface area contributed by atoms with Crippen molar-refractivity contribution < 1.29 is 8.91 Å². The molecule has 3 aromatic rings. The fourth-order valence-corrected chi connectivity index (χ4v) is 3.21. The number of rotatable bonds is 4. The lowest BCUT2D eigenvalue weighted by molar-refractivity contribution is 0.218. The Hall–Kier alpha value is -2.80. The predicted molar refractivity (Wildman–Crippen MR) is 96.2 cm³/mol. The summed E-state index contributed by atoms with van der Waals surface area (Å²) in [6.07, 6.45) is 1.43. The maximum Gasteiger partial charge on any atom is 0.191 e. The molecule has 0 saturated carbocycles. The monoisotopic (exact) mass is 353 g/mol. The molecule has 0 aliphatic carbocycles. The Morgan fingerprint density at radius 3 is 2.54 bits per heavy atom. The van der Waals surface area contributed by atoms with E-state index in [4.69, 9.17) is 4.52 Å². The van der Waals surface area contributed by atoms with Crippen LogP contribution in [-0.2, 0) is 6.54 Å². The first-order valence-electron chi connectivity index (χ1n) is 8.66. The van der Waals surface area contributed by atoms with E-state index in [1.54, 1.807) is 0 Å². The largest absolute Gasteiger partial charge is 0.360 e. The molecule has 0 N–H and O–H groups in total. The van der Waals surface area contributed by atoms with Gasteiger partial charge in [-0.15, -0.1) is 0 Å². The molecule has 0 spiro atoms. The Morgan fingerprint density at radius 2 is 1.85 bits per heavy atom. The third kappa shape index (κ3) is 3.43. The van der Waals surface area contributed by atoms with Crippen molar-refractivity contribution in [1.29, 1.82) is 0 Å². The zero-order chi connectivity index (χ0) is 17.9. The van der Waals surface area contributed by atoms with Gasteiger partial charge in [-0.25, -0.2) is 14.4 Å². The molecule has 0 radical (unpaired) electrons. The SMILES string of the molecule is Cc1cc(CN2CCN(c3ncnc(-c4ccccc4)c3F)CC2)on1. The van der Waals surface area contributed by atoms with E-state index in [-0.39, 0.29) is 5.82 Å². The maximum atomic E-state index is 15.0. The van der Waals surface area contributed by atoms with Crippen LogP contribution in [-0.4, -0.2) is 46.2 Å². The van der Waals surface area contributed by atoms with Gasteiger partial charge < -0.3 is 9.42 Å². The molecule has 0 atom stereocenters. The number of nitrogens with zero attached hydrogens (tertiary/aromatic N) is 5. The van der Waals surface area contributed by atoms with Crippen LogP contribution in [0.2, 0.25) is 0 Å². The molecule has 6 nitrogen and oxygen atoms in total. The van der Waals surface area contributed by atoms with Crippen LogP contribution in [0.5, 0.6) is 0 Å². The lowest BCUT2D eigenvalue weighted by Gasteiger charge is -2.35. The zero-order valence-corrected chi connectivity index (χ0v) is 14.6. The normalized spacial score (nSPS) is 15.4. The molecule has 26 heavy (non-hydrogen) atoms. The molecular formula is C19H20FN5O. The first kappa shape index (κ1) is 16.7. The molecule has 1 fully saturated rings. The van der Waals surface area contributed by atoms with Crippen molar-refractivity contribution in [3.63, 3.8) is 0 Å². The van der Waals surface area contributed by atoms with E-state index in [1.165, 1.54) is 6.33 Å². The van der Waals surface area contributed by atoms with E-state index >= 15 is 0 Å². The number of piperazine rings is 1. The van der Waals surface area contributed by atoms with E-state index in [9.17, 15) is 4.39 Å². The fraction of sp³-hybridized carbons (Fsp3) is 0.316.